The molecule has 0 radical (unpaired) electrons. The van der Waals surface area contributed by atoms with E-state index in [0.29, 0.717) is 0 Å². The predicted molar refractivity (Wildman–Crippen MR) is 84.3 cm³/mol. The van der Waals surface area contributed by atoms with Gasteiger partial charge in [0.1, 0.15) is 5.82 Å². The van der Waals surface area contributed by atoms with Crippen LogP contribution in [0.4, 0.5) is 11.5 Å². The Morgan fingerprint density at radius 3 is 2.75 bits per heavy atom. The zero-order valence-corrected chi connectivity index (χ0v) is 12.1. The van der Waals surface area contributed by atoms with Gasteiger partial charge in [-0.3, -0.25) is 0 Å². The van der Waals surface area contributed by atoms with Crippen LogP contribution in [0.3, 0.4) is 0 Å². The molecule has 1 heterocycles. The molecule has 1 aromatic heterocycles. The summed E-state index contributed by atoms with van der Waals surface area (Å²) in [5.41, 5.74) is 4.06. The molecule has 1 saturated carbocycles. The number of hydrogen-bond acceptors (Lipinski definition) is 3. The van der Waals surface area contributed by atoms with Crippen molar-refractivity contribution in [2.24, 2.45) is 0 Å². The molecule has 1 aliphatic rings. The molecular formula is C17H21N3. The van der Waals surface area contributed by atoms with E-state index in [4.69, 9.17) is 0 Å². The first-order valence-corrected chi connectivity index (χ1v) is 7.19. The molecule has 0 amide bonds. The van der Waals surface area contributed by atoms with Crippen LogP contribution < -0.4 is 10.2 Å². The number of hydrogen-bond donors (Lipinski definition) is 1. The van der Waals surface area contributed by atoms with Gasteiger partial charge in [-0.15, -0.1) is 0 Å². The van der Waals surface area contributed by atoms with Crippen molar-refractivity contribution in [3.63, 3.8) is 0 Å². The van der Waals surface area contributed by atoms with Gasteiger partial charge in [0, 0.05) is 38.6 Å². The Morgan fingerprint density at radius 1 is 1.20 bits per heavy atom. The van der Waals surface area contributed by atoms with Gasteiger partial charge in [0.05, 0.1) is 0 Å². The minimum Gasteiger partial charge on any atom is -0.378 e. The molecule has 3 heteroatoms. The number of nitrogens with zero attached hydrogens (tertiary/aromatic N) is 2. The summed E-state index contributed by atoms with van der Waals surface area (Å²) in [6, 6.07) is 12.8. The lowest BCUT2D eigenvalue weighted by atomic mass is 10.0. The summed E-state index contributed by atoms with van der Waals surface area (Å²) in [5.74, 6) is 1.72. The molecule has 1 aromatic carbocycles. The lowest BCUT2D eigenvalue weighted by Crippen LogP contribution is -2.10. The number of nitrogens with one attached hydrogen (secondary N) is 1. The SMILES string of the molecule is CN(C)c1ccnc(NCc2ccccc2C2CC2)c1. The minimum absolute atomic E-state index is 0.786. The lowest BCUT2D eigenvalue weighted by Gasteiger charge is -2.14. The van der Waals surface area contributed by atoms with Crippen molar-refractivity contribution in [3.05, 3.63) is 53.7 Å². The van der Waals surface area contributed by atoms with Crippen LogP contribution in [0.2, 0.25) is 0 Å². The van der Waals surface area contributed by atoms with Crippen LogP contribution in [-0.4, -0.2) is 19.1 Å². The van der Waals surface area contributed by atoms with E-state index in [0.717, 1.165) is 24.0 Å². The van der Waals surface area contributed by atoms with Crippen LogP contribution in [0, 0.1) is 0 Å². The molecule has 1 fully saturated rings. The molecule has 0 atom stereocenters. The van der Waals surface area contributed by atoms with E-state index in [2.05, 4.69) is 45.5 Å². The summed E-state index contributed by atoms with van der Waals surface area (Å²) in [4.78, 5) is 6.48. The fourth-order valence-corrected chi connectivity index (χ4v) is 2.47. The molecule has 0 spiro atoms. The first-order chi connectivity index (χ1) is 9.74. The summed E-state index contributed by atoms with van der Waals surface area (Å²) in [6.07, 6.45) is 4.53. The van der Waals surface area contributed by atoms with Gasteiger partial charge in [-0.2, -0.15) is 0 Å². The average molecular weight is 267 g/mol. The van der Waals surface area contributed by atoms with Crippen LogP contribution in [-0.2, 0) is 6.54 Å². The Labute approximate surface area is 120 Å². The first-order valence-electron chi connectivity index (χ1n) is 7.19. The number of rotatable bonds is 5. The molecule has 20 heavy (non-hydrogen) atoms. The molecule has 1 aliphatic carbocycles. The number of aromatic nitrogens is 1. The highest BCUT2D eigenvalue weighted by Gasteiger charge is 2.25. The number of anilines is 2. The van der Waals surface area contributed by atoms with Gasteiger partial charge < -0.3 is 10.2 Å². The quantitative estimate of drug-likeness (QED) is 0.896. The van der Waals surface area contributed by atoms with Gasteiger partial charge in [-0.25, -0.2) is 4.98 Å². The van der Waals surface area contributed by atoms with E-state index in [-0.39, 0.29) is 0 Å². The van der Waals surface area contributed by atoms with Crippen molar-refractivity contribution in [3.8, 4) is 0 Å². The van der Waals surface area contributed by atoms with E-state index in [9.17, 15) is 0 Å². The van der Waals surface area contributed by atoms with Gasteiger partial charge >= 0.3 is 0 Å². The number of pyridine rings is 1. The normalized spacial score (nSPS) is 14.1. The lowest BCUT2D eigenvalue weighted by molar-refractivity contribution is 1.02. The fourth-order valence-electron chi connectivity index (χ4n) is 2.47. The van der Waals surface area contributed by atoms with Gasteiger partial charge in [0.25, 0.3) is 0 Å². The summed E-state index contributed by atoms with van der Waals surface area (Å²) in [5, 5.41) is 3.44. The fraction of sp³-hybridized carbons (Fsp3) is 0.353. The molecule has 0 aliphatic heterocycles. The van der Waals surface area contributed by atoms with Crippen LogP contribution in [0.25, 0.3) is 0 Å². The highest BCUT2D eigenvalue weighted by Crippen LogP contribution is 2.41. The molecule has 3 nitrogen and oxygen atoms in total. The maximum absolute atomic E-state index is 4.39. The predicted octanol–water partition coefficient (Wildman–Crippen LogP) is 3.64. The third kappa shape index (κ3) is 2.93. The van der Waals surface area contributed by atoms with Crippen molar-refractivity contribution in [2.45, 2.75) is 25.3 Å². The monoisotopic (exact) mass is 267 g/mol. The standard InChI is InChI=1S/C17H21N3/c1-20(2)15-9-10-18-17(11-15)19-12-14-5-3-4-6-16(14)13-7-8-13/h3-6,9-11,13H,7-8,12H2,1-2H3,(H,18,19). The van der Waals surface area contributed by atoms with Crippen molar-refractivity contribution < 1.29 is 0 Å². The van der Waals surface area contributed by atoms with Crippen molar-refractivity contribution in [2.75, 3.05) is 24.3 Å². The van der Waals surface area contributed by atoms with Gasteiger partial charge in [-0.05, 0) is 36.0 Å². The smallest absolute Gasteiger partial charge is 0.128 e. The van der Waals surface area contributed by atoms with Crippen LogP contribution >= 0.6 is 0 Å². The second-order valence-corrected chi connectivity index (χ2v) is 5.62. The zero-order valence-electron chi connectivity index (χ0n) is 12.1. The van der Waals surface area contributed by atoms with Crippen LogP contribution in [0.5, 0.6) is 0 Å². The maximum Gasteiger partial charge on any atom is 0.128 e. The Balaban J connectivity index is 1.72. The maximum atomic E-state index is 4.39. The van der Waals surface area contributed by atoms with Gasteiger partial charge in [-0.1, -0.05) is 24.3 Å². The summed E-state index contributed by atoms with van der Waals surface area (Å²) in [7, 11) is 4.09. The largest absolute Gasteiger partial charge is 0.378 e. The Kier molecular flexibility index (Phi) is 3.59. The van der Waals surface area contributed by atoms with Crippen LogP contribution in [0.1, 0.15) is 29.9 Å². The summed E-state index contributed by atoms with van der Waals surface area (Å²) >= 11 is 0. The number of benzene rings is 1. The molecular weight excluding hydrogens is 246 g/mol. The van der Waals surface area contributed by atoms with Gasteiger partial charge in [0.15, 0.2) is 0 Å². The Hall–Kier alpha value is -2.03. The molecule has 104 valence electrons. The summed E-state index contributed by atoms with van der Waals surface area (Å²) in [6.45, 7) is 0.844. The first kappa shape index (κ1) is 13.0. The minimum atomic E-state index is 0.786. The second-order valence-electron chi connectivity index (χ2n) is 5.62. The van der Waals surface area contributed by atoms with E-state index >= 15 is 0 Å². The highest BCUT2D eigenvalue weighted by atomic mass is 15.1. The topological polar surface area (TPSA) is 28.2 Å². The third-order valence-electron chi connectivity index (χ3n) is 3.79. The van der Waals surface area contributed by atoms with Gasteiger partial charge in [0.2, 0.25) is 0 Å². The second kappa shape index (κ2) is 5.53. The molecule has 1 N–H and O–H groups in total. The van der Waals surface area contributed by atoms with Crippen molar-refractivity contribution >= 4 is 11.5 Å². The van der Waals surface area contributed by atoms with E-state index in [1.807, 2.05) is 26.4 Å². The molecule has 3 rings (SSSR count). The molecule has 0 bridgehead atoms. The van der Waals surface area contributed by atoms with Crippen LogP contribution in [0.15, 0.2) is 42.6 Å². The third-order valence-corrected chi connectivity index (χ3v) is 3.79. The van der Waals surface area contributed by atoms with E-state index < -0.39 is 0 Å². The molecule has 0 saturated heterocycles. The van der Waals surface area contributed by atoms with E-state index in [1.165, 1.54) is 24.0 Å². The van der Waals surface area contributed by atoms with Crippen molar-refractivity contribution in [1.29, 1.82) is 0 Å². The average Bonchev–Trinajstić information content (AvgIpc) is 3.30. The van der Waals surface area contributed by atoms with Crippen molar-refractivity contribution in [1.82, 2.24) is 4.98 Å². The summed E-state index contributed by atoms with van der Waals surface area (Å²) < 4.78 is 0. The zero-order chi connectivity index (χ0) is 13.9. The highest BCUT2D eigenvalue weighted by molar-refractivity contribution is 5.53. The Bertz CT molecular complexity index is 588. The molecule has 2 aromatic rings. The van der Waals surface area contributed by atoms with E-state index in [1.54, 1.807) is 0 Å². The molecule has 0 unspecified atom stereocenters. The Morgan fingerprint density at radius 2 is 2.00 bits per heavy atom.